The quantitative estimate of drug-likeness (QED) is 0.831. The molecule has 2 aliphatic rings. The summed E-state index contributed by atoms with van der Waals surface area (Å²) in [5, 5.41) is 9.20. The Morgan fingerprint density at radius 3 is 2.47 bits per heavy atom. The standard InChI is InChI=1S/C14H20N4O/c1-10(2)17-5-7-18(8-6-17)14-12(9-15)16-13(19-14)11-3-4-11/h10-11H,3-8H2,1-2H3. The summed E-state index contributed by atoms with van der Waals surface area (Å²) in [6.45, 7) is 8.29. The number of nitriles is 1. The highest BCUT2D eigenvalue weighted by Crippen LogP contribution is 2.41. The Balaban J connectivity index is 1.74. The van der Waals surface area contributed by atoms with Gasteiger partial charge in [-0.05, 0) is 26.7 Å². The van der Waals surface area contributed by atoms with E-state index in [9.17, 15) is 5.26 Å². The van der Waals surface area contributed by atoms with Gasteiger partial charge in [0.1, 0.15) is 6.07 Å². The molecule has 1 aliphatic carbocycles. The highest BCUT2D eigenvalue weighted by Gasteiger charge is 2.32. The third kappa shape index (κ3) is 2.45. The number of hydrogen-bond acceptors (Lipinski definition) is 5. The van der Waals surface area contributed by atoms with Gasteiger partial charge in [0.25, 0.3) is 0 Å². The number of aromatic nitrogens is 1. The molecule has 102 valence electrons. The van der Waals surface area contributed by atoms with Gasteiger partial charge < -0.3 is 9.32 Å². The molecular formula is C14H20N4O. The second kappa shape index (κ2) is 4.86. The fourth-order valence-corrected chi connectivity index (χ4v) is 2.56. The third-order valence-corrected chi connectivity index (χ3v) is 3.99. The van der Waals surface area contributed by atoms with Crippen LogP contribution < -0.4 is 4.90 Å². The van der Waals surface area contributed by atoms with Crippen LogP contribution in [-0.4, -0.2) is 42.1 Å². The number of oxazole rings is 1. The molecular weight excluding hydrogens is 240 g/mol. The van der Waals surface area contributed by atoms with Crippen LogP contribution in [0.5, 0.6) is 0 Å². The van der Waals surface area contributed by atoms with E-state index in [0.717, 1.165) is 44.9 Å². The summed E-state index contributed by atoms with van der Waals surface area (Å²) in [6, 6.07) is 2.75. The Kier molecular flexibility index (Phi) is 3.19. The van der Waals surface area contributed by atoms with E-state index in [2.05, 4.69) is 34.7 Å². The lowest BCUT2D eigenvalue weighted by molar-refractivity contribution is 0.206. The van der Waals surface area contributed by atoms with Gasteiger partial charge in [-0.1, -0.05) is 0 Å². The second-order valence-electron chi connectivity index (χ2n) is 5.71. The highest BCUT2D eigenvalue weighted by molar-refractivity contribution is 5.48. The van der Waals surface area contributed by atoms with Gasteiger partial charge in [0, 0.05) is 38.1 Å². The summed E-state index contributed by atoms with van der Waals surface area (Å²) in [7, 11) is 0. The van der Waals surface area contributed by atoms with Crippen LogP contribution in [0.25, 0.3) is 0 Å². The van der Waals surface area contributed by atoms with E-state index < -0.39 is 0 Å². The van der Waals surface area contributed by atoms with E-state index in [4.69, 9.17) is 4.42 Å². The normalized spacial score (nSPS) is 20.8. The number of nitrogens with zero attached hydrogens (tertiary/aromatic N) is 4. The fraction of sp³-hybridized carbons (Fsp3) is 0.714. The molecule has 3 rings (SSSR count). The van der Waals surface area contributed by atoms with Crippen LogP contribution in [0.2, 0.25) is 0 Å². The Morgan fingerprint density at radius 2 is 1.95 bits per heavy atom. The van der Waals surface area contributed by atoms with E-state index in [1.54, 1.807) is 0 Å². The number of hydrogen-bond donors (Lipinski definition) is 0. The molecule has 0 radical (unpaired) electrons. The minimum atomic E-state index is 0.456. The smallest absolute Gasteiger partial charge is 0.234 e. The maximum atomic E-state index is 9.20. The zero-order valence-corrected chi connectivity index (χ0v) is 11.6. The van der Waals surface area contributed by atoms with E-state index in [0.29, 0.717) is 23.5 Å². The van der Waals surface area contributed by atoms with Crippen LogP contribution in [0.4, 0.5) is 5.88 Å². The Morgan fingerprint density at radius 1 is 1.26 bits per heavy atom. The van der Waals surface area contributed by atoms with E-state index in [1.165, 1.54) is 0 Å². The monoisotopic (exact) mass is 260 g/mol. The molecule has 1 saturated carbocycles. The van der Waals surface area contributed by atoms with Gasteiger partial charge in [-0.3, -0.25) is 4.90 Å². The molecule has 0 bridgehead atoms. The van der Waals surface area contributed by atoms with Crippen molar-refractivity contribution in [3.63, 3.8) is 0 Å². The molecule has 5 nitrogen and oxygen atoms in total. The number of piperazine rings is 1. The summed E-state index contributed by atoms with van der Waals surface area (Å²) >= 11 is 0. The lowest BCUT2D eigenvalue weighted by Crippen LogP contribution is -2.49. The van der Waals surface area contributed by atoms with Gasteiger partial charge in [-0.2, -0.15) is 5.26 Å². The minimum Gasteiger partial charge on any atom is -0.423 e. The van der Waals surface area contributed by atoms with Crippen molar-refractivity contribution < 1.29 is 4.42 Å². The van der Waals surface area contributed by atoms with Crippen molar-refractivity contribution in [2.24, 2.45) is 0 Å². The Hall–Kier alpha value is -1.54. The maximum Gasteiger partial charge on any atom is 0.234 e. The summed E-state index contributed by atoms with van der Waals surface area (Å²) in [4.78, 5) is 8.95. The number of rotatable bonds is 3. The molecule has 1 saturated heterocycles. The summed E-state index contributed by atoms with van der Waals surface area (Å²) in [6.07, 6.45) is 2.29. The molecule has 0 spiro atoms. The van der Waals surface area contributed by atoms with Gasteiger partial charge in [0.05, 0.1) is 0 Å². The molecule has 0 amide bonds. The van der Waals surface area contributed by atoms with Crippen LogP contribution >= 0.6 is 0 Å². The lowest BCUT2D eigenvalue weighted by atomic mass is 10.2. The van der Waals surface area contributed by atoms with E-state index in [-0.39, 0.29) is 0 Å². The van der Waals surface area contributed by atoms with Gasteiger partial charge in [-0.25, -0.2) is 4.98 Å². The largest absolute Gasteiger partial charge is 0.423 e. The minimum absolute atomic E-state index is 0.456. The average Bonchev–Trinajstić information content (AvgIpc) is 3.18. The van der Waals surface area contributed by atoms with Crippen LogP contribution in [0.3, 0.4) is 0 Å². The molecule has 2 heterocycles. The van der Waals surface area contributed by atoms with E-state index in [1.807, 2.05) is 0 Å². The van der Waals surface area contributed by atoms with Crippen LogP contribution in [-0.2, 0) is 0 Å². The molecule has 0 unspecified atom stereocenters. The van der Waals surface area contributed by atoms with Gasteiger partial charge >= 0.3 is 0 Å². The molecule has 19 heavy (non-hydrogen) atoms. The van der Waals surface area contributed by atoms with Crippen LogP contribution in [0.1, 0.15) is 44.2 Å². The molecule has 1 aliphatic heterocycles. The zero-order valence-electron chi connectivity index (χ0n) is 11.6. The molecule has 1 aromatic heterocycles. The summed E-state index contributed by atoms with van der Waals surface area (Å²) in [5.41, 5.74) is 0.458. The fourth-order valence-electron chi connectivity index (χ4n) is 2.56. The lowest BCUT2D eigenvalue weighted by Gasteiger charge is -2.36. The van der Waals surface area contributed by atoms with Crippen molar-refractivity contribution in [3.05, 3.63) is 11.6 Å². The van der Waals surface area contributed by atoms with Crippen molar-refractivity contribution in [3.8, 4) is 6.07 Å². The van der Waals surface area contributed by atoms with Crippen molar-refractivity contribution in [1.82, 2.24) is 9.88 Å². The SMILES string of the molecule is CC(C)N1CCN(c2oc(C3CC3)nc2C#N)CC1. The van der Waals surface area contributed by atoms with Crippen molar-refractivity contribution in [1.29, 1.82) is 5.26 Å². The molecule has 0 aromatic carbocycles. The summed E-state index contributed by atoms with van der Waals surface area (Å²) < 4.78 is 5.84. The molecule has 5 heteroatoms. The van der Waals surface area contributed by atoms with Gasteiger partial charge in [0.2, 0.25) is 17.5 Å². The first-order chi connectivity index (χ1) is 9.19. The second-order valence-corrected chi connectivity index (χ2v) is 5.71. The first-order valence-electron chi connectivity index (χ1n) is 7.09. The third-order valence-electron chi connectivity index (χ3n) is 3.99. The Bertz CT molecular complexity index is 490. The zero-order chi connectivity index (χ0) is 13.4. The Labute approximate surface area is 113 Å². The predicted octanol–water partition coefficient (Wildman–Crippen LogP) is 1.95. The first-order valence-corrected chi connectivity index (χ1v) is 7.09. The van der Waals surface area contributed by atoms with Crippen molar-refractivity contribution in [2.75, 3.05) is 31.1 Å². The van der Waals surface area contributed by atoms with Crippen molar-refractivity contribution in [2.45, 2.75) is 38.6 Å². The predicted molar refractivity (Wildman–Crippen MR) is 72.1 cm³/mol. The topological polar surface area (TPSA) is 56.3 Å². The van der Waals surface area contributed by atoms with Gasteiger partial charge in [-0.15, -0.1) is 0 Å². The molecule has 0 N–H and O–H groups in total. The van der Waals surface area contributed by atoms with Gasteiger partial charge in [0.15, 0.2) is 0 Å². The molecule has 1 aromatic rings. The average molecular weight is 260 g/mol. The molecule has 2 fully saturated rings. The summed E-state index contributed by atoms with van der Waals surface area (Å²) in [5.74, 6) is 1.91. The van der Waals surface area contributed by atoms with Crippen LogP contribution in [0.15, 0.2) is 4.42 Å². The number of anilines is 1. The van der Waals surface area contributed by atoms with Crippen molar-refractivity contribution >= 4 is 5.88 Å². The first kappa shape index (κ1) is 12.5. The highest BCUT2D eigenvalue weighted by atomic mass is 16.4. The van der Waals surface area contributed by atoms with Crippen LogP contribution in [0, 0.1) is 11.3 Å². The molecule has 0 atom stereocenters. The van der Waals surface area contributed by atoms with E-state index >= 15 is 0 Å². The maximum absolute atomic E-state index is 9.20.